The monoisotopic (exact) mass is 317 g/mol. The zero-order valence-corrected chi connectivity index (χ0v) is 13.3. The number of benzene rings is 2. The number of carbonyl (C=O) groups is 1. The largest absolute Gasteiger partial charge is 0.497 e. The van der Waals surface area contributed by atoms with Crippen molar-refractivity contribution in [3.05, 3.63) is 42.5 Å². The average molecular weight is 317 g/mol. The van der Waals surface area contributed by atoms with Crippen molar-refractivity contribution >= 4 is 11.6 Å². The van der Waals surface area contributed by atoms with Gasteiger partial charge in [-0.1, -0.05) is 0 Å². The smallest absolute Gasteiger partial charge is 0.262 e. The van der Waals surface area contributed by atoms with E-state index in [4.69, 9.17) is 18.9 Å². The van der Waals surface area contributed by atoms with E-state index >= 15 is 0 Å². The molecule has 122 valence electrons. The third kappa shape index (κ3) is 4.54. The minimum atomic E-state index is -0.299. The van der Waals surface area contributed by atoms with E-state index in [1.165, 1.54) is 7.11 Å². The first kappa shape index (κ1) is 16.5. The molecular weight excluding hydrogens is 298 g/mol. The van der Waals surface area contributed by atoms with Crippen molar-refractivity contribution in [1.82, 2.24) is 0 Å². The molecule has 6 heteroatoms. The molecule has 0 saturated heterocycles. The molecule has 0 aromatic heterocycles. The van der Waals surface area contributed by atoms with Crippen LogP contribution in [0.1, 0.15) is 0 Å². The van der Waals surface area contributed by atoms with Gasteiger partial charge < -0.3 is 24.3 Å². The van der Waals surface area contributed by atoms with Crippen molar-refractivity contribution < 1.29 is 23.7 Å². The normalized spacial score (nSPS) is 9.87. The van der Waals surface area contributed by atoms with Gasteiger partial charge in [0.2, 0.25) is 0 Å². The molecule has 0 aliphatic rings. The molecule has 2 rings (SSSR count). The van der Waals surface area contributed by atoms with Crippen LogP contribution < -0.4 is 24.3 Å². The summed E-state index contributed by atoms with van der Waals surface area (Å²) in [6, 6.07) is 12.2. The van der Waals surface area contributed by atoms with Gasteiger partial charge in [-0.15, -0.1) is 0 Å². The Hall–Kier alpha value is -2.89. The molecule has 23 heavy (non-hydrogen) atoms. The predicted molar refractivity (Wildman–Crippen MR) is 86.7 cm³/mol. The van der Waals surface area contributed by atoms with Gasteiger partial charge in [0, 0.05) is 6.07 Å². The fraction of sp³-hybridized carbons (Fsp3) is 0.235. The fourth-order valence-corrected chi connectivity index (χ4v) is 1.92. The second-order valence-corrected chi connectivity index (χ2v) is 4.58. The van der Waals surface area contributed by atoms with E-state index in [0.717, 1.165) is 5.75 Å². The number of methoxy groups -OCH3 is 3. The number of amides is 1. The van der Waals surface area contributed by atoms with Gasteiger partial charge in [-0.2, -0.15) is 0 Å². The molecule has 1 N–H and O–H groups in total. The number of hydrogen-bond donors (Lipinski definition) is 1. The van der Waals surface area contributed by atoms with Gasteiger partial charge in [-0.3, -0.25) is 4.79 Å². The van der Waals surface area contributed by atoms with E-state index in [2.05, 4.69) is 5.32 Å². The zero-order valence-electron chi connectivity index (χ0n) is 13.3. The summed E-state index contributed by atoms with van der Waals surface area (Å²) in [5.41, 5.74) is 0.523. The van der Waals surface area contributed by atoms with Crippen molar-refractivity contribution in [2.75, 3.05) is 33.3 Å². The number of rotatable bonds is 7. The second kappa shape index (κ2) is 7.93. The molecule has 0 radical (unpaired) electrons. The molecule has 2 aromatic carbocycles. The fourth-order valence-electron chi connectivity index (χ4n) is 1.92. The van der Waals surface area contributed by atoms with E-state index in [1.807, 2.05) is 0 Å². The summed E-state index contributed by atoms with van der Waals surface area (Å²) in [5, 5.41) is 2.74. The van der Waals surface area contributed by atoms with Crippen molar-refractivity contribution in [3.8, 4) is 23.0 Å². The van der Waals surface area contributed by atoms with Gasteiger partial charge in [-0.25, -0.2) is 0 Å². The number of hydrogen-bond acceptors (Lipinski definition) is 5. The van der Waals surface area contributed by atoms with Crippen LogP contribution in [0.5, 0.6) is 23.0 Å². The summed E-state index contributed by atoms with van der Waals surface area (Å²) >= 11 is 0. The predicted octanol–water partition coefficient (Wildman–Crippen LogP) is 2.73. The van der Waals surface area contributed by atoms with Crippen LogP contribution >= 0.6 is 0 Å². The molecule has 0 saturated carbocycles. The molecule has 0 aliphatic carbocycles. The van der Waals surface area contributed by atoms with Crippen LogP contribution in [0.3, 0.4) is 0 Å². The minimum Gasteiger partial charge on any atom is -0.497 e. The van der Waals surface area contributed by atoms with Crippen molar-refractivity contribution in [2.24, 2.45) is 0 Å². The van der Waals surface area contributed by atoms with Crippen LogP contribution in [0.2, 0.25) is 0 Å². The number of carbonyl (C=O) groups excluding carboxylic acids is 1. The molecular formula is C17H19NO5. The van der Waals surface area contributed by atoms with Gasteiger partial charge >= 0.3 is 0 Å². The van der Waals surface area contributed by atoms with Crippen LogP contribution in [0.15, 0.2) is 42.5 Å². The Morgan fingerprint density at radius 2 is 1.48 bits per heavy atom. The Balaban J connectivity index is 1.96. The summed E-state index contributed by atoms with van der Waals surface area (Å²) in [6.45, 7) is -0.118. The number of ether oxygens (including phenoxy) is 4. The molecule has 2 aromatic rings. The Labute approximate surface area is 134 Å². The molecule has 0 atom stereocenters. The van der Waals surface area contributed by atoms with E-state index in [0.29, 0.717) is 22.9 Å². The van der Waals surface area contributed by atoms with Crippen LogP contribution in [0, 0.1) is 0 Å². The van der Waals surface area contributed by atoms with Gasteiger partial charge in [0.15, 0.2) is 6.61 Å². The second-order valence-electron chi connectivity index (χ2n) is 4.58. The lowest BCUT2D eigenvalue weighted by atomic mass is 10.2. The molecule has 0 aliphatic heterocycles. The number of nitrogens with one attached hydrogen (secondary N) is 1. The lowest BCUT2D eigenvalue weighted by molar-refractivity contribution is -0.118. The molecule has 0 heterocycles. The van der Waals surface area contributed by atoms with E-state index in [9.17, 15) is 4.79 Å². The highest BCUT2D eigenvalue weighted by atomic mass is 16.5. The Morgan fingerprint density at radius 1 is 0.870 bits per heavy atom. The molecule has 0 fully saturated rings. The Kier molecular flexibility index (Phi) is 5.68. The van der Waals surface area contributed by atoms with Gasteiger partial charge in [0.1, 0.15) is 23.0 Å². The topological polar surface area (TPSA) is 66.0 Å². The maximum Gasteiger partial charge on any atom is 0.262 e. The summed E-state index contributed by atoms with van der Waals surface area (Å²) in [4.78, 5) is 12.0. The number of anilines is 1. The Bertz CT molecular complexity index is 655. The molecule has 6 nitrogen and oxygen atoms in total. The standard InChI is InChI=1S/C17H19NO5/c1-20-12-4-6-13(7-5-12)23-11-17(19)18-15-10-14(21-2)8-9-16(15)22-3/h4-10H,11H2,1-3H3,(H,18,19). The van der Waals surface area contributed by atoms with Gasteiger partial charge in [0.25, 0.3) is 5.91 Å². The van der Waals surface area contributed by atoms with Crippen LogP contribution in [-0.4, -0.2) is 33.8 Å². The maximum atomic E-state index is 12.0. The highest BCUT2D eigenvalue weighted by Crippen LogP contribution is 2.28. The first-order valence-electron chi connectivity index (χ1n) is 6.95. The third-order valence-electron chi connectivity index (χ3n) is 3.11. The lowest BCUT2D eigenvalue weighted by Gasteiger charge is -2.12. The minimum absolute atomic E-state index is 0.118. The molecule has 0 unspecified atom stereocenters. The molecule has 0 spiro atoms. The quantitative estimate of drug-likeness (QED) is 0.850. The maximum absolute atomic E-state index is 12.0. The molecule has 1 amide bonds. The lowest BCUT2D eigenvalue weighted by Crippen LogP contribution is -2.20. The first-order valence-corrected chi connectivity index (χ1v) is 6.95. The Morgan fingerprint density at radius 3 is 2.09 bits per heavy atom. The van der Waals surface area contributed by atoms with Crippen LogP contribution in [0.4, 0.5) is 5.69 Å². The summed E-state index contributed by atoms with van der Waals surface area (Å²) < 4.78 is 20.8. The molecule has 0 bridgehead atoms. The summed E-state index contributed by atoms with van der Waals surface area (Å²) in [5.74, 6) is 2.18. The van der Waals surface area contributed by atoms with Crippen molar-refractivity contribution in [1.29, 1.82) is 0 Å². The van der Waals surface area contributed by atoms with E-state index in [1.54, 1.807) is 56.7 Å². The third-order valence-corrected chi connectivity index (χ3v) is 3.11. The van der Waals surface area contributed by atoms with Gasteiger partial charge in [0.05, 0.1) is 27.0 Å². The van der Waals surface area contributed by atoms with E-state index < -0.39 is 0 Å². The van der Waals surface area contributed by atoms with E-state index in [-0.39, 0.29) is 12.5 Å². The first-order chi connectivity index (χ1) is 11.2. The zero-order chi connectivity index (χ0) is 16.7. The summed E-state index contributed by atoms with van der Waals surface area (Å²) in [7, 11) is 4.68. The van der Waals surface area contributed by atoms with Crippen molar-refractivity contribution in [2.45, 2.75) is 0 Å². The highest BCUT2D eigenvalue weighted by Gasteiger charge is 2.10. The van der Waals surface area contributed by atoms with Gasteiger partial charge in [-0.05, 0) is 36.4 Å². The summed E-state index contributed by atoms with van der Waals surface area (Å²) in [6.07, 6.45) is 0. The average Bonchev–Trinajstić information content (AvgIpc) is 2.60. The van der Waals surface area contributed by atoms with Crippen LogP contribution in [0.25, 0.3) is 0 Å². The SMILES string of the molecule is COc1ccc(OCC(=O)Nc2cc(OC)ccc2OC)cc1. The highest BCUT2D eigenvalue weighted by molar-refractivity contribution is 5.93. The van der Waals surface area contributed by atoms with Crippen LogP contribution in [-0.2, 0) is 4.79 Å². The van der Waals surface area contributed by atoms with Crippen molar-refractivity contribution in [3.63, 3.8) is 0 Å².